The van der Waals surface area contributed by atoms with Crippen LogP contribution in [0.3, 0.4) is 0 Å². The Labute approximate surface area is 118 Å². The Balaban J connectivity index is 2.04. The number of nitrogens with zero attached hydrogens (tertiary/aromatic N) is 1. The Morgan fingerprint density at radius 2 is 2.26 bits per heavy atom. The summed E-state index contributed by atoms with van der Waals surface area (Å²) in [5.41, 5.74) is 0.929. The van der Waals surface area contributed by atoms with Gasteiger partial charge in [0.2, 0.25) is 0 Å². The van der Waals surface area contributed by atoms with E-state index in [4.69, 9.17) is 4.42 Å². The van der Waals surface area contributed by atoms with Gasteiger partial charge < -0.3 is 9.73 Å². The molecule has 1 aromatic carbocycles. The quantitative estimate of drug-likeness (QED) is 0.670. The third-order valence-corrected chi connectivity index (χ3v) is 3.46. The number of furan rings is 1. The normalized spacial score (nSPS) is 12.3. The first-order valence-electron chi connectivity index (χ1n) is 5.77. The van der Waals surface area contributed by atoms with E-state index in [1.807, 2.05) is 25.1 Å². The van der Waals surface area contributed by atoms with E-state index in [0.29, 0.717) is 11.0 Å². The number of halogens is 1. The van der Waals surface area contributed by atoms with E-state index in [2.05, 4.69) is 21.2 Å². The van der Waals surface area contributed by atoms with Gasteiger partial charge in [-0.15, -0.1) is 0 Å². The molecule has 0 fully saturated rings. The summed E-state index contributed by atoms with van der Waals surface area (Å²) in [5.74, 6) is 0.839. The topological polar surface area (TPSA) is 68.3 Å². The number of nitro groups is 1. The van der Waals surface area contributed by atoms with Crippen LogP contribution in [0.25, 0.3) is 0 Å². The summed E-state index contributed by atoms with van der Waals surface area (Å²) in [5, 5.41) is 14.1. The molecule has 0 radical (unpaired) electrons. The van der Waals surface area contributed by atoms with Gasteiger partial charge in [0, 0.05) is 12.6 Å². The lowest BCUT2D eigenvalue weighted by Crippen LogP contribution is -2.17. The average molecular weight is 325 g/mol. The van der Waals surface area contributed by atoms with E-state index < -0.39 is 4.92 Å². The maximum Gasteiger partial charge on any atom is 0.283 e. The van der Waals surface area contributed by atoms with Crippen LogP contribution < -0.4 is 5.32 Å². The van der Waals surface area contributed by atoms with Crippen LogP contribution in [0.2, 0.25) is 0 Å². The first-order valence-corrected chi connectivity index (χ1v) is 6.57. The molecule has 100 valence electrons. The minimum atomic E-state index is -0.399. The van der Waals surface area contributed by atoms with Crippen LogP contribution in [0.15, 0.2) is 45.5 Å². The number of hydrogen-bond donors (Lipinski definition) is 1. The van der Waals surface area contributed by atoms with Crippen molar-refractivity contribution in [3.05, 3.63) is 62.5 Å². The monoisotopic (exact) mass is 324 g/mol. The highest BCUT2D eigenvalue weighted by Gasteiger charge is 2.13. The van der Waals surface area contributed by atoms with Crippen molar-refractivity contribution >= 4 is 21.6 Å². The van der Waals surface area contributed by atoms with Crippen LogP contribution in [0.5, 0.6) is 0 Å². The molecule has 0 aliphatic rings. The van der Waals surface area contributed by atoms with E-state index in [1.54, 1.807) is 18.4 Å². The van der Waals surface area contributed by atoms with Crippen LogP contribution in [0.4, 0.5) is 5.69 Å². The molecule has 0 saturated heterocycles. The number of benzene rings is 1. The van der Waals surface area contributed by atoms with Crippen LogP contribution in [0, 0.1) is 10.1 Å². The fourth-order valence-electron chi connectivity index (χ4n) is 1.72. The summed E-state index contributed by atoms with van der Waals surface area (Å²) < 4.78 is 5.77. The summed E-state index contributed by atoms with van der Waals surface area (Å²) in [6, 6.07) is 8.87. The molecule has 6 heteroatoms. The third-order valence-electron chi connectivity index (χ3n) is 2.79. The second kappa shape index (κ2) is 5.99. The maximum absolute atomic E-state index is 10.8. The Kier molecular flexibility index (Phi) is 4.34. The predicted octanol–water partition coefficient (Wildman–Crippen LogP) is 3.80. The van der Waals surface area contributed by atoms with E-state index in [-0.39, 0.29) is 11.7 Å². The van der Waals surface area contributed by atoms with Crippen LogP contribution >= 0.6 is 15.9 Å². The number of rotatable bonds is 5. The standard InChI is InChI=1S/C13H13BrN2O3/c1-9(13-3-2-6-19-13)15-8-10-4-5-11(14)12(7-10)16(17)18/h2-7,9,15H,8H2,1H3. The van der Waals surface area contributed by atoms with Gasteiger partial charge in [-0.25, -0.2) is 0 Å². The fraction of sp³-hybridized carbons (Fsp3) is 0.231. The first kappa shape index (κ1) is 13.8. The van der Waals surface area contributed by atoms with Gasteiger partial charge in [-0.2, -0.15) is 0 Å². The molecule has 2 rings (SSSR count). The predicted molar refractivity (Wildman–Crippen MR) is 74.8 cm³/mol. The second-order valence-electron chi connectivity index (χ2n) is 4.16. The summed E-state index contributed by atoms with van der Waals surface area (Å²) in [6.07, 6.45) is 1.62. The highest BCUT2D eigenvalue weighted by molar-refractivity contribution is 9.10. The third kappa shape index (κ3) is 3.42. The Hall–Kier alpha value is -1.66. The zero-order valence-corrected chi connectivity index (χ0v) is 11.9. The lowest BCUT2D eigenvalue weighted by atomic mass is 10.2. The molecule has 2 aromatic rings. The molecule has 1 aromatic heterocycles. The van der Waals surface area contributed by atoms with Gasteiger partial charge in [0.15, 0.2) is 0 Å². The lowest BCUT2D eigenvalue weighted by Gasteiger charge is -2.11. The molecular formula is C13H13BrN2O3. The molecular weight excluding hydrogens is 312 g/mol. The van der Waals surface area contributed by atoms with Crippen molar-refractivity contribution < 1.29 is 9.34 Å². The molecule has 1 N–H and O–H groups in total. The second-order valence-corrected chi connectivity index (χ2v) is 5.02. The zero-order chi connectivity index (χ0) is 13.8. The lowest BCUT2D eigenvalue weighted by molar-refractivity contribution is -0.385. The zero-order valence-electron chi connectivity index (χ0n) is 10.3. The molecule has 0 bridgehead atoms. The summed E-state index contributed by atoms with van der Waals surface area (Å²) in [6.45, 7) is 2.52. The summed E-state index contributed by atoms with van der Waals surface area (Å²) in [4.78, 5) is 10.4. The van der Waals surface area contributed by atoms with Crippen molar-refractivity contribution in [3.63, 3.8) is 0 Å². The molecule has 0 spiro atoms. The highest BCUT2D eigenvalue weighted by Crippen LogP contribution is 2.25. The molecule has 19 heavy (non-hydrogen) atoms. The van der Waals surface area contributed by atoms with Crippen molar-refractivity contribution in [1.29, 1.82) is 0 Å². The number of nitrogens with one attached hydrogen (secondary N) is 1. The molecule has 1 atom stereocenters. The van der Waals surface area contributed by atoms with Crippen molar-refractivity contribution in [1.82, 2.24) is 5.32 Å². The van der Waals surface area contributed by atoms with Gasteiger partial charge in [0.05, 0.1) is 21.7 Å². The highest BCUT2D eigenvalue weighted by atomic mass is 79.9. The molecule has 1 heterocycles. The van der Waals surface area contributed by atoms with Gasteiger partial charge in [-0.3, -0.25) is 10.1 Å². The van der Waals surface area contributed by atoms with Crippen LogP contribution in [-0.2, 0) is 6.54 Å². The van der Waals surface area contributed by atoms with Gasteiger partial charge >= 0.3 is 0 Å². The fourth-order valence-corrected chi connectivity index (χ4v) is 2.11. The number of nitro benzene ring substituents is 1. The Morgan fingerprint density at radius 1 is 1.47 bits per heavy atom. The van der Waals surface area contributed by atoms with E-state index >= 15 is 0 Å². The summed E-state index contributed by atoms with van der Waals surface area (Å²) in [7, 11) is 0. The van der Waals surface area contributed by atoms with Crippen molar-refractivity contribution in [2.45, 2.75) is 19.5 Å². The van der Waals surface area contributed by atoms with Gasteiger partial charge in [0.1, 0.15) is 5.76 Å². The minimum absolute atomic E-state index is 0.0534. The molecule has 1 unspecified atom stereocenters. The largest absolute Gasteiger partial charge is 0.468 e. The SMILES string of the molecule is CC(NCc1ccc(Br)c([N+](=O)[O-])c1)c1ccco1. The van der Waals surface area contributed by atoms with Crippen LogP contribution in [0.1, 0.15) is 24.3 Å². The van der Waals surface area contributed by atoms with Crippen molar-refractivity contribution in [3.8, 4) is 0 Å². The van der Waals surface area contributed by atoms with Gasteiger partial charge in [-0.1, -0.05) is 6.07 Å². The van der Waals surface area contributed by atoms with Crippen molar-refractivity contribution in [2.75, 3.05) is 0 Å². The van der Waals surface area contributed by atoms with Crippen molar-refractivity contribution in [2.24, 2.45) is 0 Å². The molecule has 0 aliphatic heterocycles. The van der Waals surface area contributed by atoms with E-state index in [0.717, 1.165) is 11.3 Å². The smallest absolute Gasteiger partial charge is 0.283 e. The van der Waals surface area contributed by atoms with Gasteiger partial charge in [0.25, 0.3) is 5.69 Å². The average Bonchev–Trinajstić information content (AvgIpc) is 2.91. The van der Waals surface area contributed by atoms with E-state index in [1.165, 1.54) is 0 Å². The first-order chi connectivity index (χ1) is 9.08. The van der Waals surface area contributed by atoms with Crippen LogP contribution in [-0.4, -0.2) is 4.92 Å². The Bertz CT molecular complexity index is 569. The van der Waals surface area contributed by atoms with Gasteiger partial charge in [-0.05, 0) is 46.6 Å². The van der Waals surface area contributed by atoms with E-state index in [9.17, 15) is 10.1 Å². The molecule has 0 amide bonds. The maximum atomic E-state index is 10.8. The molecule has 0 saturated carbocycles. The minimum Gasteiger partial charge on any atom is -0.468 e. The molecule has 5 nitrogen and oxygen atoms in total. The Morgan fingerprint density at radius 3 is 2.89 bits per heavy atom. The number of hydrogen-bond acceptors (Lipinski definition) is 4. The molecule has 0 aliphatic carbocycles. The summed E-state index contributed by atoms with van der Waals surface area (Å²) >= 11 is 3.17.